The molecule has 712 valence electrons. The molecule has 137 heavy (non-hydrogen) atoms. The second-order valence-corrected chi connectivity index (χ2v) is 33.3. The number of carbonyl (C=O) groups is 10. The number of alkyl carbamates (subject to hydrolysis) is 3. The third-order valence-electron chi connectivity index (χ3n) is 18.8. The molecule has 13 aromatic carbocycles. The van der Waals surface area contributed by atoms with E-state index in [1.54, 1.807) is 118 Å². The number of amides is 10. The molecule has 20 N–H and O–H groups in total. The summed E-state index contributed by atoms with van der Waals surface area (Å²) in [5.74, 6) is -2.04. The average molecular weight is 1860 g/mol. The average Bonchev–Trinajstić information content (AvgIpc) is 0.812. The van der Waals surface area contributed by atoms with Gasteiger partial charge in [-0.1, -0.05) is 206 Å². The summed E-state index contributed by atoms with van der Waals surface area (Å²) >= 11 is 0. The van der Waals surface area contributed by atoms with Gasteiger partial charge >= 0.3 is 30.3 Å². The van der Waals surface area contributed by atoms with Crippen molar-refractivity contribution in [2.24, 2.45) is 11.5 Å². The molecule has 0 aliphatic carbocycles. The van der Waals surface area contributed by atoms with Crippen LogP contribution >= 0.6 is 0 Å². The number of nitrogens with one attached hydrogen (secondary N) is 15. The molecule has 0 heterocycles. The van der Waals surface area contributed by atoms with Crippen molar-refractivity contribution in [2.45, 2.75) is 131 Å². The molecule has 0 aromatic heterocycles. The number of rotatable bonds is 28. The van der Waals surface area contributed by atoms with Crippen molar-refractivity contribution in [1.29, 1.82) is 0 Å². The molecule has 13 aromatic rings. The molecule has 1 atom stereocenters. The molecular weight excluding hydrogens is 1740 g/mol. The maximum atomic E-state index is 12.4. The Hall–Kier alpha value is -17.1. The topological polar surface area (TPSA) is 451 Å². The highest BCUT2D eigenvalue weighted by Crippen LogP contribution is 2.25. The number of para-hydroxylation sites is 5. The molecule has 31 nitrogen and oxygen atoms in total. The Labute approximate surface area is 797 Å². The van der Waals surface area contributed by atoms with E-state index in [9.17, 15) is 47.9 Å². The molecule has 0 spiro atoms. The molecule has 0 aliphatic heterocycles. The molecule has 0 unspecified atom stereocenters. The Balaban J connectivity index is 0.000000205. The zero-order chi connectivity index (χ0) is 99.0. The predicted molar refractivity (Wildman–Crippen MR) is 536 cm³/mol. The zero-order valence-electron chi connectivity index (χ0n) is 78.1. The number of hydrazine groups is 5. The lowest BCUT2D eigenvalue weighted by atomic mass is 10.00. The zero-order valence-corrected chi connectivity index (χ0v) is 78.1. The first-order valence-electron chi connectivity index (χ1n) is 43.8. The van der Waals surface area contributed by atoms with E-state index < -0.39 is 41.1 Å². The van der Waals surface area contributed by atoms with E-state index in [2.05, 4.69) is 99.0 Å². The van der Waals surface area contributed by atoms with E-state index in [-0.39, 0.29) is 47.2 Å². The van der Waals surface area contributed by atoms with Gasteiger partial charge in [-0.25, -0.2) is 24.0 Å². The molecule has 0 saturated heterocycles. The van der Waals surface area contributed by atoms with Crippen LogP contribution in [0.15, 0.2) is 340 Å². The fourth-order valence-electron chi connectivity index (χ4n) is 11.9. The lowest BCUT2D eigenvalue weighted by Crippen LogP contribution is -2.36. The van der Waals surface area contributed by atoms with Gasteiger partial charge in [-0.15, -0.1) is 0 Å². The van der Waals surface area contributed by atoms with Crippen LogP contribution in [0.3, 0.4) is 0 Å². The lowest BCUT2D eigenvalue weighted by Gasteiger charge is -2.19. The number of aromatic carboxylic acids is 1. The number of fused-ring (bicyclic) bond motifs is 1. The predicted octanol–water partition coefficient (Wildman–Crippen LogP) is 18.3. The van der Waals surface area contributed by atoms with Crippen molar-refractivity contribution in [1.82, 2.24) is 53.7 Å². The second kappa shape index (κ2) is 54.7. The van der Waals surface area contributed by atoms with Crippen molar-refractivity contribution in [3.05, 3.63) is 412 Å². The quantitative estimate of drug-likeness (QED) is 0.0160. The van der Waals surface area contributed by atoms with Crippen LogP contribution in [-0.4, -0.2) is 81.7 Å². The number of carbonyl (C=O) groups excluding carboxylic acids is 9. The minimum absolute atomic E-state index is 0.140. The third kappa shape index (κ3) is 40.7. The molecule has 0 fully saturated rings. The standard InChI is InChI=1S/C27H26N4O2.2C19H23N3O3.2C14H15N3O.C13H17NO4/c1-19(24-13-7-9-21-8-5-6-12-25(21)24)29-27(33)28-18-20-14-16-22(17-15-20)26(32)31-30-23-10-3-2-4-11-23;2*1-19(2,3)25-18(24)20-13-14-9-11-15(12-10-14)17(23)22-21-16-7-5-4-6-8-16;2*15-10-11-6-8-12(9-7-11)14(18)17-16-13-4-2-1-3-5-13;1-13(2,3)18-12(17)14-8-9-4-6-10(7-5-9)11(15)16/h2-17,19,30H,18H2,1H3,(H,31,32)(H2,28,29,33);2*4-12,21H,13H2,1-3H3,(H,20,24)(H,22,23);2*1-9,16H,10,15H2,(H,17,18);4-7H,8H2,1-3H3,(H,14,17)(H,15,16)/t19-;;;;;/m0...../s1. The summed E-state index contributed by atoms with van der Waals surface area (Å²) in [5, 5.41) is 24.8. The normalized spacial score (nSPS) is 10.7. The van der Waals surface area contributed by atoms with Crippen molar-refractivity contribution in [3.63, 3.8) is 0 Å². The SMILES string of the molecule is CC(C)(C)OC(=O)NCc1ccc(C(=O)NNc2ccccc2)cc1.CC(C)(C)OC(=O)NCc1ccc(C(=O)NNc2ccccc2)cc1.CC(C)(C)OC(=O)NCc1ccc(C(=O)O)cc1.C[C@H](NC(=O)NCc1ccc(C(=O)NNc2ccccc2)cc1)c1cccc2ccccc12.NCc1ccc(C(=O)NNc2ccccc2)cc1.NCc1ccc(C(=O)NNc2ccccc2)cc1. The van der Waals surface area contributed by atoms with Gasteiger partial charge in [0.1, 0.15) is 16.8 Å². The molecule has 10 amide bonds. The van der Waals surface area contributed by atoms with Gasteiger partial charge in [-0.05, 0) is 252 Å². The Kier molecular flexibility index (Phi) is 42.0. The Morgan fingerprint density at radius 3 is 0.752 bits per heavy atom. The first-order chi connectivity index (χ1) is 65.6. The first kappa shape index (κ1) is 105. The van der Waals surface area contributed by atoms with Crippen LogP contribution in [0.25, 0.3) is 10.8 Å². The Morgan fingerprint density at radius 2 is 0.504 bits per heavy atom. The maximum absolute atomic E-state index is 12.4. The minimum atomic E-state index is -0.971. The van der Waals surface area contributed by atoms with Gasteiger partial charge in [0.05, 0.1) is 40.0 Å². The van der Waals surface area contributed by atoms with E-state index in [1.807, 2.05) is 261 Å². The molecule has 0 saturated carbocycles. The largest absolute Gasteiger partial charge is 0.478 e. The Bertz CT molecular complexity index is 5730. The number of benzene rings is 13. The van der Waals surface area contributed by atoms with Gasteiger partial charge in [0.25, 0.3) is 29.5 Å². The highest BCUT2D eigenvalue weighted by Gasteiger charge is 2.21. The van der Waals surface area contributed by atoms with Crippen LogP contribution in [0.5, 0.6) is 0 Å². The van der Waals surface area contributed by atoms with Gasteiger partial charge in [0.15, 0.2) is 0 Å². The van der Waals surface area contributed by atoms with E-state index in [0.717, 1.165) is 78.2 Å². The first-order valence-corrected chi connectivity index (χ1v) is 43.8. The fraction of sp³-hybridized carbons (Fsp3) is 0.189. The summed E-state index contributed by atoms with van der Waals surface area (Å²) in [6, 6.07) is 103. The van der Waals surface area contributed by atoms with Crippen molar-refractivity contribution < 1.29 is 67.3 Å². The maximum Gasteiger partial charge on any atom is 0.407 e. The monoisotopic (exact) mass is 1850 g/mol. The number of ether oxygens (including phenoxy) is 3. The minimum Gasteiger partial charge on any atom is -0.478 e. The van der Waals surface area contributed by atoms with E-state index >= 15 is 0 Å². The van der Waals surface area contributed by atoms with Crippen LogP contribution in [0.2, 0.25) is 0 Å². The van der Waals surface area contributed by atoms with Crippen molar-refractivity contribution in [2.75, 3.05) is 27.1 Å². The van der Waals surface area contributed by atoms with Gasteiger partial charge in [0.2, 0.25) is 0 Å². The van der Waals surface area contributed by atoms with E-state index in [4.69, 9.17) is 30.8 Å². The van der Waals surface area contributed by atoms with Gasteiger partial charge in [-0.2, -0.15) is 0 Å². The summed E-state index contributed by atoms with van der Waals surface area (Å²) in [7, 11) is 0. The van der Waals surface area contributed by atoms with Crippen LogP contribution in [0.1, 0.15) is 176 Å². The number of carboxylic acids is 1. The highest BCUT2D eigenvalue weighted by atomic mass is 16.6. The molecule has 13 rings (SSSR count). The van der Waals surface area contributed by atoms with E-state index in [1.165, 1.54) is 12.1 Å². The smallest absolute Gasteiger partial charge is 0.407 e. The number of hydrogen-bond acceptors (Lipinski definition) is 20. The van der Waals surface area contributed by atoms with Crippen LogP contribution < -0.4 is 92.3 Å². The lowest BCUT2D eigenvalue weighted by molar-refractivity contribution is 0.0512. The van der Waals surface area contributed by atoms with Gasteiger partial charge in [0, 0.05) is 67.1 Å². The van der Waals surface area contributed by atoms with Crippen molar-refractivity contribution >= 4 is 99.0 Å². The van der Waals surface area contributed by atoms with E-state index in [0.29, 0.717) is 67.1 Å². The fourth-order valence-corrected chi connectivity index (χ4v) is 11.9. The van der Waals surface area contributed by atoms with Crippen LogP contribution in [-0.2, 0) is 53.5 Å². The van der Waals surface area contributed by atoms with Gasteiger partial charge in [-0.3, -0.25) is 78.2 Å². The highest BCUT2D eigenvalue weighted by molar-refractivity contribution is 5.98. The molecular formula is C106H119N17O14. The van der Waals surface area contributed by atoms with Crippen LogP contribution in [0, 0.1) is 0 Å². The summed E-state index contributed by atoms with van der Waals surface area (Å²) in [6.45, 7) is 20.5. The number of urea groups is 1. The van der Waals surface area contributed by atoms with Crippen LogP contribution in [0.4, 0.5) is 47.6 Å². The molecule has 0 bridgehead atoms. The molecule has 31 heteroatoms. The summed E-state index contributed by atoms with van der Waals surface area (Å²) in [5.41, 5.74) is 50.4. The third-order valence-corrected chi connectivity index (χ3v) is 18.8. The number of hydrogen-bond donors (Lipinski definition) is 18. The van der Waals surface area contributed by atoms with Gasteiger partial charge < -0.3 is 57.4 Å². The van der Waals surface area contributed by atoms with Crippen molar-refractivity contribution in [3.8, 4) is 0 Å². The number of carboxylic acid groups (broad SMARTS) is 1. The second-order valence-electron chi connectivity index (χ2n) is 33.3. The summed E-state index contributed by atoms with van der Waals surface area (Å²) < 4.78 is 15.4. The summed E-state index contributed by atoms with van der Waals surface area (Å²) in [4.78, 5) is 118. The number of anilines is 5. The Morgan fingerprint density at radius 1 is 0.277 bits per heavy atom. The molecule has 0 aliphatic rings. The summed E-state index contributed by atoms with van der Waals surface area (Å²) in [6.07, 6.45) is -1.44. The molecule has 0 radical (unpaired) electrons. The number of nitrogens with two attached hydrogens (primary N) is 2.